The van der Waals surface area contributed by atoms with Gasteiger partial charge in [-0.3, -0.25) is 19.2 Å². The summed E-state index contributed by atoms with van der Waals surface area (Å²) in [6.45, 7) is 5.92. The molecule has 4 aromatic rings. The molecule has 3 unspecified atom stereocenters. The van der Waals surface area contributed by atoms with E-state index in [4.69, 9.17) is 9.47 Å². The molecule has 0 spiro atoms. The van der Waals surface area contributed by atoms with Crippen LogP contribution in [0.5, 0.6) is 5.75 Å². The standard InChI is InChI=1S/C48H60N6O8/c1-31(2)26-50-45(57)25-43(56)39(21-33-13-7-4-8-14-33)52-46(58)40(24-37-27-49-30-51-37)53-47(59)41(22-34-15-9-5-10-16-34)54(32(3)55)42-29-61-44-20-19-36(23-38(42)44)48(60)62-28-35-17-11-6-12-18-35/h5-6,9-12,15-20,23,27,30-31,33,39-43,56H,4,7-8,13-14,21-22,24-26,28-29H2,1-3H3,(H,49,51)(H,50,57)(H,52,58)(H,53,59)/t39?,40-,41-,42?,43?/m0/s1. The van der Waals surface area contributed by atoms with Crippen LogP contribution in [0.3, 0.4) is 0 Å². The summed E-state index contributed by atoms with van der Waals surface area (Å²) in [6.07, 6.45) is 7.46. The summed E-state index contributed by atoms with van der Waals surface area (Å²) >= 11 is 0. The Kier molecular flexibility index (Phi) is 16.3. The molecule has 5 atom stereocenters. The maximum absolute atomic E-state index is 14.9. The van der Waals surface area contributed by atoms with Crippen molar-refractivity contribution in [3.63, 3.8) is 0 Å². The average Bonchev–Trinajstić information content (AvgIpc) is 3.95. The maximum atomic E-state index is 14.9. The highest BCUT2D eigenvalue weighted by atomic mass is 16.5. The highest BCUT2D eigenvalue weighted by Crippen LogP contribution is 2.39. The van der Waals surface area contributed by atoms with Crippen LogP contribution in [0.2, 0.25) is 0 Å². The summed E-state index contributed by atoms with van der Waals surface area (Å²) in [5.74, 6) is -1.45. The molecule has 2 heterocycles. The van der Waals surface area contributed by atoms with Gasteiger partial charge >= 0.3 is 5.97 Å². The monoisotopic (exact) mass is 848 g/mol. The highest BCUT2D eigenvalue weighted by Gasteiger charge is 2.41. The molecule has 1 aliphatic heterocycles. The van der Waals surface area contributed by atoms with Crippen LogP contribution in [0, 0.1) is 11.8 Å². The van der Waals surface area contributed by atoms with Crippen LogP contribution >= 0.6 is 0 Å². The molecule has 330 valence electrons. The molecule has 0 radical (unpaired) electrons. The van der Waals surface area contributed by atoms with Crippen molar-refractivity contribution in [3.8, 4) is 5.75 Å². The molecule has 3 aromatic carbocycles. The lowest BCUT2D eigenvalue weighted by Gasteiger charge is -2.36. The predicted octanol–water partition coefficient (Wildman–Crippen LogP) is 5.37. The zero-order valence-corrected chi connectivity index (χ0v) is 35.9. The molecule has 14 nitrogen and oxygen atoms in total. The van der Waals surface area contributed by atoms with Crippen molar-refractivity contribution < 1.29 is 38.6 Å². The van der Waals surface area contributed by atoms with Crippen molar-refractivity contribution >= 4 is 29.6 Å². The quantitative estimate of drug-likeness (QED) is 0.0729. The predicted molar refractivity (Wildman–Crippen MR) is 233 cm³/mol. The molecule has 0 saturated heterocycles. The van der Waals surface area contributed by atoms with Crippen molar-refractivity contribution in [1.82, 2.24) is 30.8 Å². The third-order valence-electron chi connectivity index (χ3n) is 11.6. The fraction of sp³-hybridized carbons (Fsp3) is 0.458. The minimum Gasteiger partial charge on any atom is -0.491 e. The minimum absolute atomic E-state index is 0.0273. The van der Waals surface area contributed by atoms with Crippen molar-refractivity contribution in [1.29, 1.82) is 0 Å². The largest absolute Gasteiger partial charge is 0.491 e. The molecule has 1 saturated carbocycles. The van der Waals surface area contributed by atoms with Gasteiger partial charge in [0.05, 0.1) is 36.5 Å². The number of benzene rings is 3. The Balaban J connectivity index is 1.27. The highest BCUT2D eigenvalue weighted by molar-refractivity contribution is 5.93. The van der Waals surface area contributed by atoms with E-state index >= 15 is 0 Å². The number of hydrogen-bond acceptors (Lipinski definition) is 9. The van der Waals surface area contributed by atoms with Gasteiger partial charge in [-0.15, -0.1) is 0 Å². The Bertz CT molecular complexity index is 2090. The van der Waals surface area contributed by atoms with Crippen molar-refractivity contribution in [2.24, 2.45) is 11.8 Å². The molecule has 62 heavy (non-hydrogen) atoms. The lowest BCUT2D eigenvalue weighted by atomic mass is 9.83. The second-order valence-electron chi connectivity index (χ2n) is 16.9. The Hall–Kier alpha value is -6.02. The number of ether oxygens (including phenoxy) is 2. The van der Waals surface area contributed by atoms with E-state index in [0.29, 0.717) is 30.0 Å². The number of nitrogens with one attached hydrogen (secondary N) is 4. The number of carbonyl (C=O) groups excluding carboxylic acids is 5. The number of hydrogen-bond donors (Lipinski definition) is 5. The summed E-state index contributed by atoms with van der Waals surface area (Å²) in [6, 6.07) is 19.7. The van der Waals surface area contributed by atoms with E-state index < -0.39 is 54.0 Å². The van der Waals surface area contributed by atoms with Gasteiger partial charge in [-0.05, 0) is 47.6 Å². The number of esters is 1. The third kappa shape index (κ3) is 12.8. The smallest absolute Gasteiger partial charge is 0.338 e. The third-order valence-corrected chi connectivity index (χ3v) is 11.6. The van der Waals surface area contributed by atoms with Crippen LogP contribution in [0.15, 0.2) is 91.4 Å². The molecule has 4 amide bonds. The number of aliphatic hydroxyl groups excluding tert-OH is 1. The Labute approximate surface area is 363 Å². The number of carbonyl (C=O) groups is 5. The summed E-state index contributed by atoms with van der Waals surface area (Å²) in [4.78, 5) is 78.0. The summed E-state index contributed by atoms with van der Waals surface area (Å²) in [5.41, 5.74) is 3.00. The number of aliphatic hydroxyl groups is 1. The lowest BCUT2D eigenvalue weighted by molar-refractivity contribution is -0.143. The van der Waals surface area contributed by atoms with Gasteiger partial charge in [-0.2, -0.15) is 0 Å². The molecule has 1 fully saturated rings. The van der Waals surface area contributed by atoms with E-state index in [-0.39, 0.29) is 55.8 Å². The average molecular weight is 849 g/mol. The second kappa shape index (κ2) is 22.2. The van der Waals surface area contributed by atoms with Crippen LogP contribution < -0.4 is 20.7 Å². The number of H-pyrrole nitrogens is 1. The number of aromatic amines is 1. The Morgan fingerprint density at radius 1 is 0.903 bits per heavy atom. The van der Waals surface area contributed by atoms with E-state index in [9.17, 15) is 29.1 Å². The normalized spacial score (nSPS) is 16.8. The van der Waals surface area contributed by atoms with E-state index in [0.717, 1.165) is 43.2 Å². The lowest BCUT2D eigenvalue weighted by Crippen LogP contribution is -2.58. The van der Waals surface area contributed by atoms with Gasteiger partial charge in [-0.1, -0.05) is 107 Å². The molecule has 1 aliphatic carbocycles. The zero-order valence-electron chi connectivity index (χ0n) is 35.9. The van der Waals surface area contributed by atoms with Crippen LogP contribution in [0.25, 0.3) is 0 Å². The minimum atomic E-state index is -1.17. The van der Waals surface area contributed by atoms with Gasteiger partial charge in [0.1, 0.15) is 31.0 Å². The summed E-state index contributed by atoms with van der Waals surface area (Å²) in [5, 5.41) is 20.4. The van der Waals surface area contributed by atoms with Gasteiger partial charge in [0, 0.05) is 43.8 Å². The van der Waals surface area contributed by atoms with Gasteiger partial charge in [0.2, 0.25) is 23.6 Å². The van der Waals surface area contributed by atoms with E-state index in [1.54, 1.807) is 24.4 Å². The number of nitrogens with zero attached hydrogens (tertiary/aromatic N) is 2. The Morgan fingerprint density at radius 3 is 2.27 bits per heavy atom. The Morgan fingerprint density at radius 2 is 1.61 bits per heavy atom. The van der Waals surface area contributed by atoms with Crippen LogP contribution in [0.4, 0.5) is 0 Å². The van der Waals surface area contributed by atoms with Crippen molar-refractivity contribution in [3.05, 3.63) is 119 Å². The fourth-order valence-corrected chi connectivity index (χ4v) is 8.37. The van der Waals surface area contributed by atoms with Crippen LogP contribution in [-0.4, -0.2) is 87.0 Å². The van der Waals surface area contributed by atoms with Gasteiger partial charge in [0.25, 0.3) is 0 Å². The fourth-order valence-electron chi connectivity index (χ4n) is 8.37. The van der Waals surface area contributed by atoms with Crippen molar-refractivity contribution in [2.75, 3.05) is 13.2 Å². The first-order valence-electron chi connectivity index (χ1n) is 21.8. The maximum Gasteiger partial charge on any atom is 0.338 e. The molecular weight excluding hydrogens is 789 g/mol. The van der Waals surface area contributed by atoms with Crippen LogP contribution in [0.1, 0.15) is 105 Å². The topological polar surface area (TPSA) is 192 Å². The number of fused-ring (bicyclic) bond motifs is 1. The molecule has 14 heteroatoms. The van der Waals surface area contributed by atoms with Crippen LogP contribution in [-0.2, 0) is 43.4 Å². The molecule has 1 aromatic heterocycles. The first-order valence-corrected chi connectivity index (χ1v) is 21.8. The number of imidazole rings is 1. The second-order valence-corrected chi connectivity index (χ2v) is 16.9. The van der Waals surface area contributed by atoms with Gasteiger partial charge in [0.15, 0.2) is 0 Å². The van der Waals surface area contributed by atoms with Crippen molar-refractivity contribution in [2.45, 2.75) is 115 Å². The SMILES string of the molecule is CC(=O)N(C1COc2ccc(C(=O)OCc3ccccc3)cc21)[C@@H](Cc1ccccc1)C(=O)N[C@@H](Cc1cnc[nH]1)C(=O)NC(CC1CCCCC1)C(O)CC(=O)NCC(C)C. The molecule has 0 bridgehead atoms. The first-order chi connectivity index (χ1) is 29.9. The molecule has 6 rings (SSSR count). The first kappa shape index (κ1) is 45.5. The number of aromatic nitrogens is 2. The van der Waals surface area contributed by atoms with E-state index in [1.165, 1.54) is 18.2 Å². The molecule has 2 aliphatic rings. The summed E-state index contributed by atoms with van der Waals surface area (Å²) in [7, 11) is 0. The molecule has 5 N–H and O–H groups in total. The zero-order chi connectivity index (χ0) is 44.0. The van der Waals surface area contributed by atoms with Gasteiger partial charge in [-0.25, -0.2) is 9.78 Å². The van der Waals surface area contributed by atoms with E-state index in [2.05, 4.69) is 25.9 Å². The van der Waals surface area contributed by atoms with Gasteiger partial charge < -0.3 is 40.4 Å². The van der Waals surface area contributed by atoms with E-state index in [1.807, 2.05) is 74.5 Å². The number of amides is 4. The number of rotatable bonds is 20. The summed E-state index contributed by atoms with van der Waals surface area (Å²) < 4.78 is 11.7. The molecular formula is C48H60N6O8.